The molecule has 0 N–H and O–H groups in total. The van der Waals surface area contributed by atoms with E-state index in [0.29, 0.717) is 6.73 Å². The smallest absolute Gasteiger partial charge is 0.123 e. The van der Waals surface area contributed by atoms with Gasteiger partial charge in [-0.3, -0.25) is 4.98 Å². The molecule has 0 atom stereocenters. The fraction of sp³-hybridized carbons (Fsp3) is 0.214. The fourth-order valence-corrected chi connectivity index (χ4v) is 3.16. The van der Waals surface area contributed by atoms with E-state index in [2.05, 4.69) is 35.0 Å². The van der Waals surface area contributed by atoms with Crippen LogP contribution in [0.2, 0.25) is 0 Å². The molecule has 0 bridgehead atoms. The lowest BCUT2D eigenvalue weighted by atomic mass is 10.2. The van der Waals surface area contributed by atoms with Gasteiger partial charge in [-0.25, -0.2) is 0 Å². The highest BCUT2D eigenvalue weighted by Gasteiger charge is 2.23. The molecule has 18 heavy (non-hydrogen) atoms. The molecule has 0 radical (unpaired) electrons. The first-order chi connectivity index (χ1) is 8.79. The number of benzene rings is 1. The van der Waals surface area contributed by atoms with Crippen molar-refractivity contribution >= 4 is 23.1 Å². The number of rotatable bonds is 2. The molecule has 0 fully saturated rings. The minimum Gasteiger partial charge on any atom is -0.364 e. The van der Waals surface area contributed by atoms with Gasteiger partial charge in [0.05, 0.1) is 16.3 Å². The Morgan fingerprint density at radius 2 is 2.11 bits per heavy atom. The Kier molecular flexibility index (Phi) is 2.97. The van der Waals surface area contributed by atoms with Crippen molar-refractivity contribution in [3.63, 3.8) is 0 Å². The van der Waals surface area contributed by atoms with Crippen LogP contribution in [-0.4, -0.2) is 18.8 Å². The molecule has 0 aliphatic carbocycles. The summed E-state index contributed by atoms with van der Waals surface area (Å²) in [6, 6.07) is 8.53. The molecule has 1 aromatic heterocycles. The molecule has 0 saturated carbocycles. The van der Waals surface area contributed by atoms with Gasteiger partial charge in [0.2, 0.25) is 0 Å². The van der Waals surface area contributed by atoms with E-state index in [1.165, 1.54) is 21.0 Å². The van der Waals surface area contributed by atoms with Crippen LogP contribution < -0.4 is 4.90 Å². The first-order valence-corrected chi connectivity index (χ1v) is 6.60. The SMILES string of the molecule is COCN1c2ccncc2Sc2ccc(C)cc21. The maximum atomic E-state index is 5.33. The van der Waals surface area contributed by atoms with Crippen molar-refractivity contribution in [1.29, 1.82) is 0 Å². The van der Waals surface area contributed by atoms with Gasteiger partial charge >= 0.3 is 0 Å². The Hall–Kier alpha value is -1.52. The second-order valence-corrected chi connectivity index (χ2v) is 5.35. The number of pyridine rings is 1. The molecule has 1 aliphatic rings. The predicted molar refractivity (Wildman–Crippen MR) is 73.6 cm³/mol. The van der Waals surface area contributed by atoms with Gasteiger partial charge in [-0.1, -0.05) is 17.8 Å². The lowest BCUT2D eigenvalue weighted by molar-refractivity contribution is 0.205. The maximum Gasteiger partial charge on any atom is 0.123 e. The molecule has 92 valence electrons. The van der Waals surface area contributed by atoms with E-state index in [0.717, 1.165) is 5.69 Å². The number of nitrogens with zero attached hydrogens (tertiary/aromatic N) is 2. The third-order valence-electron chi connectivity index (χ3n) is 2.94. The summed E-state index contributed by atoms with van der Waals surface area (Å²) >= 11 is 1.76. The number of ether oxygens (including phenoxy) is 1. The predicted octanol–water partition coefficient (Wildman–Crippen LogP) is 3.60. The van der Waals surface area contributed by atoms with E-state index < -0.39 is 0 Å². The zero-order valence-corrected chi connectivity index (χ0v) is 11.2. The Bertz CT molecular complexity index is 586. The molecular formula is C14H14N2OS. The van der Waals surface area contributed by atoms with Crippen LogP contribution in [0.5, 0.6) is 0 Å². The zero-order chi connectivity index (χ0) is 12.5. The summed E-state index contributed by atoms with van der Waals surface area (Å²) < 4.78 is 5.33. The van der Waals surface area contributed by atoms with Crippen LogP contribution in [-0.2, 0) is 4.74 Å². The van der Waals surface area contributed by atoms with E-state index in [4.69, 9.17) is 4.74 Å². The summed E-state index contributed by atoms with van der Waals surface area (Å²) in [5.41, 5.74) is 3.63. The standard InChI is InChI=1S/C14H14N2OS/c1-10-3-4-13-12(7-10)16(9-17-2)11-5-6-15-8-14(11)18-13/h3-8H,9H2,1-2H3. The van der Waals surface area contributed by atoms with Crippen molar-refractivity contribution < 1.29 is 4.74 Å². The second kappa shape index (κ2) is 4.63. The Balaban J connectivity index is 2.15. The van der Waals surface area contributed by atoms with Gasteiger partial charge in [0.1, 0.15) is 6.73 Å². The van der Waals surface area contributed by atoms with Gasteiger partial charge in [0, 0.05) is 24.4 Å². The summed E-state index contributed by atoms with van der Waals surface area (Å²) in [6.45, 7) is 2.66. The largest absolute Gasteiger partial charge is 0.364 e. The number of hydrogen-bond donors (Lipinski definition) is 0. The van der Waals surface area contributed by atoms with Gasteiger partial charge in [-0.2, -0.15) is 0 Å². The average Bonchev–Trinajstić information content (AvgIpc) is 2.39. The average molecular weight is 258 g/mol. The summed E-state index contributed by atoms with van der Waals surface area (Å²) in [7, 11) is 1.72. The van der Waals surface area contributed by atoms with Crippen molar-refractivity contribution in [1.82, 2.24) is 4.98 Å². The van der Waals surface area contributed by atoms with Gasteiger partial charge in [-0.15, -0.1) is 0 Å². The third-order valence-corrected chi connectivity index (χ3v) is 4.04. The topological polar surface area (TPSA) is 25.4 Å². The van der Waals surface area contributed by atoms with E-state index in [1.807, 2.05) is 18.5 Å². The normalized spacial score (nSPS) is 13.1. The summed E-state index contributed by atoms with van der Waals surface area (Å²) in [6.07, 6.45) is 3.73. The number of aromatic nitrogens is 1. The Morgan fingerprint density at radius 3 is 2.94 bits per heavy atom. The summed E-state index contributed by atoms with van der Waals surface area (Å²) in [5.74, 6) is 0. The quantitative estimate of drug-likeness (QED) is 0.822. The van der Waals surface area contributed by atoms with E-state index >= 15 is 0 Å². The zero-order valence-electron chi connectivity index (χ0n) is 10.4. The van der Waals surface area contributed by atoms with E-state index in [1.54, 1.807) is 18.9 Å². The Labute approximate surface area is 111 Å². The minimum absolute atomic E-state index is 0.550. The van der Waals surface area contributed by atoms with Crippen LogP contribution in [0, 0.1) is 6.92 Å². The number of aryl methyl sites for hydroxylation is 1. The highest BCUT2D eigenvalue weighted by molar-refractivity contribution is 7.99. The molecule has 0 saturated heterocycles. The monoisotopic (exact) mass is 258 g/mol. The van der Waals surface area contributed by atoms with Crippen molar-refractivity contribution in [3.8, 4) is 0 Å². The third kappa shape index (κ3) is 1.87. The lowest BCUT2D eigenvalue weighted by Crippen LogP contribution is -2.23. The van der Waals surface area contributed by atoms with E-state index in [-0.39, 0.29) is 0 Å². The van der Waals surface area contributed by atoms with Crippen molar-refractivity contribution in [2.45, 2.75) is 16.7 Å². The maximum absolute atomic E-state index is 5.33. The van der Waals surface area contributed by atoms with Crippen LogP contribution in [0.1, 0.15) is 5.56 Å². The number of hydrogen-bond acceptors (Lipinski definition) is 4. The molecule has 1 aliphatic heterocycles. The van der Waals surface area contributed by atoms with Crippen molar-refractivity contribution in [3.05, 3.63) is 42.2 Å². The van der Waals surface area contributed by atoms with Crippen LogP contribution in [0.15, 0.2) is 46.5 Å². The molecular weight excluding hydrogens is 244 g/mol. The fourth-order valence-electron chi connectivity index (χ4n) is 2.12. The van der Waals surface area contributed by atoms with Crippen LogP contribution >= 0.6 is 11.8 Å². The second-order valence-electron chi connectivity index (χ2n) is 4.26. The molecule has 0 spiro atoms. The van der Waals surface area contributed by atoms with Gasteiger partial charge in [0.15, 0.2) is 0 Å². The number of anilines is 2. The molecule has 3 rings (SSSR count). The summed E-state index contributed by atoms with van der Waals surface area (Å²) in [5, 5.41) is 0. The molecule has 0 amide bonds. The molecule has 0 unspecified atom stereocenters. The first-order valence-electron chi connectivity index (χ1n) is 5.78. The molecule has 4 heteroatoms. The van der Waals surface area contributed by atoms with Crippen molar-refractivity contribution in [2.75, 3.05) is 18.7 Å². The van der Waals surface area contributed by atoms with Gasteiger partial charge < -0.3 is 9.64 Å². The number of fused-ring (bicyclic) bond motifs is 2. The molecule has 1 aromatic carbocycles. The molecule has 2 heterocycles. The lowest BCUT2D eigenvalue weighted by Gasteiger charge is -2.31. The highest BCUT2D eigenvalue weighted by atomic mass is 32.2. The number of methoxy groups -OCH3 is 1. The van der Waals surface area contributed by atoms with Crippen LogP contribution in [0.4, 0.5) is 11.4 Å². The minimum atomic E-state index is 0.550. The first kappa shape index (κ1) is 11.6. The van der Waals surface area contributed by atoms with Crippen molar-refractivity contribution in [2.24, 2.45) is 0 Å². The molecule has 2 aromatic rings. The van der Waals surface area contributed by atoms with Gasteiger partial charge in [0.25, 0.3) is 0 Å². The van der Waals surface area contributed by atoms with Crippen LogP contribution in [0.25, 0.3) is 0 Å². The highest BCUT2D eigenvalue weighted by Crippen LogP contribution is 2.47. The molecule has 3 nitrogen and oxygen atoms in total. The summed E-state index contributed by atoms with van der Waals surface area (Å²) in [4.78, 5) is 8.81. The van der Waals surface area contributed by atoms with Crippen LogP contribution in [0.3, 0.4) is 0 Å². The van der Waals surface area contributed by atoms with E-state index in [9.17, 15) is 0 Å². The Morgan fingerprint density at radius 1 is 1.22 bits per heavy atom. The van der Waals surface area contributed by atoms with Gasteiger partial charge in [-0.05, 0) is 30.7 Å².